The third-order valence-corrected chi connectivity index (χ3v) is 3.87. The minimum absolute atomic E-state index is 0.287. The lowest BCUT2D eigenvalue weighted by molar-refractivity contribution is 0.146. The second-order valence-corrected chi connectivity index (χ2v) is 5.71. The Kier molecular flexibility index (Phi) is 4.20. The fourth-order valence-corrected chi connectivity index (χ4v) is 2.76. The highest BCUT2D eigenvalue weighted by molar-refractivity contribution is 9.10. The number of halogens is 1. The normalized spacial score (nSPS) is 13.7. The zero-order valence-electron chi connectivity index (χ0n) is 11.5. The number of pyridine rings is 1. The van der Waals surface area contributed by atoms with Crippen LogP contribution in [0.2, 0.25) is 0 Å². The summed E-state index contributed by atoms with van der Waals surface area (Å²) < 4.78 is 6.19. The van der Waals surface area contributed by atoms with Gasteiger partial charge in [-0.25, -0.2) is 9.78 Å². The average molecular weight is 347 g/mol. The van der Waals surface area contributed by atoms with E-state index in [9.17, 15) is 4.79 Å². The van der Waals surface area contributed by atoms with E-state index in [2.05, 4.69) is 20.9 Å². The molecule has 0 fully saturated rings. The molecular formula is C16H15BrN2O2. The van der Waals surface area contributed by atoms with E-state index in [1.807, 2.05) is 42.5 Å². The molecule has 0 N–H and O–H groups in total. The zero-order chi connectivity index (χ0) is 14.7. The van der Waals surface area contributed by atoms with Gasteiger partial charge >= 0.3 is 6.09 Å². The number of aryl methyl sites for hydroxylation is 1. The van der Waals surface area contributed by atoms with Crippen molar-refractivity contribution in [2.24, 2.45) is 0 Å². The first kappa shape index (κ1) is 14.1. The third-order valence-electron chi connectivity index (χ3n) is 3.43. The lowest BCUT2D eigenvalue weighted by Gasteiger charge is -2.28. The lowest BCUT2D eigenvalue weighted by atomic mass is 10.1. The maximum Gasteiger partial charge on any atom is 0.414 e. The predicted molar refractivity (Wildman–Crippen MR) is 84.2 cm³/mol. The summed E-state index contributed by atoms with van der Waals surface area (Å²) in [6.07, 6.45) is 1.47. The lowest BCUT2D eigenvalue weighted by Crippen LogP contribution is -2.36. The van der Waals surface area contributed by atoms with E-state index in [1.54, 1.807) is 4.90 Å². The van der Waals surface area contributed by atoms with Gasteiger partial charge in [0.25, 0.3) is 0 Å². The number of fused-ring (bicyclic) bond motifs is 1. The molecule has 108 valence electrons. The Balaban J connectivity index is 1.71. The molecule has 0 spiro atoms. The van der Waals surface area contributed by atoms with Gasteiger partial charge in [0, 0.05) is 6.54 Å². The number of anilines is 1. The Hall–Kier alpha value is -1.88. The highest BCUT2D eigenvalue weighted by Crippen LogP contribution is 2.27. The minimum Gasteiger partial charge on any atom is -0.444 e. The molecule has 1 amide bonds. The highest BCUT2D eigenvalue weighted by atomic mass is 79.9. The molecule has 1 aromatic carbocycles. The van der Waals surface area contributed by atoms with Crippen molar-refractivity contribution in [3.05, 3.63) is 58.3 Å². The van der Waals surface area contributed by atoms with Gasteiger partial charge in [0.2, 0.25) is 0 Å². The van der Waals surface area contributed by atoms with Gasteiger partial charge in [0.15, 0.2) is 0 Å². The molecule has 0 radical (unpaired) electrons. The molecule has 0 bridgehead atoms. The second kappa shape index (κ2) is 6.26. The van der Waals surface area contributed by atoms with E-state index in [-0.39, 0.29) is 12.7 Å². The summed E-state index contributed by atoms with van der Waals surface area (Å²) in [7, 11) is 0. The van der Waals surface area contributed by atoms with Crippen molar-refractivity contribution in [1.82, 2.24) is 4.98 Å². The molecule has 0 saturated heterocycles. The summed E-state index contributed by atoms with van der Waals surface area (Å²) >= 11 is 3.36. The van der Waals surface area contributed by atoms with Gasteiger partial charge in [-0.3, -0.25) is 4.90 Å². The predicted octanol–water partition coefficient (Wildman–Crippen LogP) is 3.93. The van der Waals surface area contributed by atoms with Crippen molar-refractivity contribution in [2.75, 3.05) is 11.4 Å². The molecule has 0 aliphatic carbocycles. The fraction of sp³-hybridized carbons (Fsp3) is 0.250. The summed E-state index contributed by atoms with van der Waals surface area (Å²) in [6.45, 7) is 0.958. The molecule has 2 aromatic rings. The Labute approximate surface area is 131 Å². The summed E-state index contributed by atoms with van der Waals surface area (Å²) in [5.41, 5.74) is 2.77. The third kappa shape index (κ3) is 3.24. The van der Waals surface area contributed by atoms with Crippen LogP contribution >= 0.6 is 15.9 Å². The second-order valence-electron chi connectivity index (χ2n) is 4.90. The maximum atomic E-state index is 12.3. The first-order valence-electron chi connectivity index (χ1n) is 6.88. The molecule has 4 nitrogen and oxygen atoms in total. The smallest absolute Gasteiger partial charge is 0.414 e. The number of aromatic nitrogens is 1. The summed E-state index contributed by atoms with van der Waals surface area (Å²) in [5, 5.41) is 0. The maximum absolute atomic E-state index is 12.3. The highest BCUT2D eigenvalue weighted by Gasteiger charge is 2.24. The average Bonchev–Trinajstić information content (AvgIpc) is 2.52. The molecule has 1 aliphatic rings. The Morgan fingerprint density at radius 2 is 2.05 bits per heavy atom. The number of nitrogens with zero attached hydrogens (tertiary/aromatic N) is 2. The molecule has 2 heterocycles. The number of amides is 1. The van der Waals surface area contributed by atoms with Crippen molar-refractivity contribution < 1.29 is 9.53 Å². The molecule has 5 heteroatoms. The van der Waals surface area contributed by atoms with Gasteiger partial charge in [0.1, 0.15) is 11.2 Å². The van der Waals surface area contributed by atoms with Crippen LogP contribution in [-0.2, 0) is 17.8 Å². The zero-order valence-corrected chi connectivity index (χ0v) is 13.0. The van der Waals surface area contributed by atoms with E-state index in [0.717, 1.165) is 34.4 Å². The van der Waals surface area contributed by atoms with Gasteiger partial charge in [-0.15, -0.1) is 0 Å². The van der Waals surface area contributed by atoms with Gasteiger partial charge in [0.05, 0.1) is 11.4 Å². The first-order chi connectivity index (χ1) is 10.2. The largest absolute Gasteiger partial charge is 0.444 e. The van der Waals surface area contributed by atoms with Crippen LogP contribution < -0.4 is 4.90 Å². The quantitative estimate of drug-likeness (QED) is 0.773. The number of hydrogen-bond donors (Lipinski definition) is 0. The van der Waals surface area contributed by atoms with E-state index < -0.39 is 0 Å². The van der Waals surface area contributed by atoms with Crippen LogP contribution in [0.3, 0.4) is 0 Å². The minimum atomic E-state index is -0.316. The fourth-order valence-electron chi connectivity index (χ4n) is 2.41. The number of rotatable bonds is 2. The molecule has 0 atom stereocenters. The summed E-state index contributed by atoms with van der Waals surface area (Å²) in [5.74, 6) is 0. The van der Waals surface area contributed by atoms with Crippen molar-refractivity contribution in [1.29, 1.82) is 0 Å². The van der Waals surface area contributed by atoms with Crippen molar-refractivity contribution in [3.63, 3.8) is 0 Å². The van der Waals surface area contributed by atoms with E-state index in [4.69, 9.17) is 4.74 Å². The van der Waals surface area contributed by atoms with E-state index in [0.29, 0.717) is 6.54 Å². The number of ether oxygens (including phenoxy) is 1. The molecular weight excluding hydrogens is 332 g/mol. The van der Waals surface area contributed by atoms with Crippen LogP contribution in [0.1, 0.15) is 17.7 Å². The van der Waals surface area contributed by atoms with Crippen LogP contribution in [-0.4, -0.2) is 17.6 Å². The Morgan fingerprint density at radius 3 is 2.86 bits per heavy atom. The van der Waals surface area contributed by atoms with Crippen molar-refractivity contribution in [3.8, 4) is 0 Å². The first-order valence-corrected chi connectivity index (χ1v) is 7.67. The molecule has 0 unspecified atom stereocenters. The number of benzene rings is 1. The molecule has 3 rings (SSSR count). The Morgan fingerprint density at radius 1 is 1.24 bits per heavy atom. The molecule has 0 saturated carbocycles. The molecule has 1 aromatic heterocycles. The monoisotopic (exact) mass is 346 g/mol. The topological polar surface area (TPSA) is 42.4 Å². The van der Waals surface area contributed by atoms with E-state index in [1.165, 1.54) is 0 Å². The van der Waals surface area contributed by atoms with Crippen LogP contribution in [0, 0.1) is 0 Å². The van der Waals surface area contributed by atoms with Crippen molar-refractivity contribution >= 4 is 27.7 Å². The van der Waals surface area contributed by atoms with Crippen LogP contribution in [0.25, 0.3) is 0 Å². The van der Waals surface area contributed by atoms with Crippen LogP contribution in [0.5, 0.6) is 0 Å². The van der Waals surface area contributed by atoms with Gasteiger partial charge in [-0.1, -0.05) is 30.3 Å². The SMILES string of the molecule is O=C(OCc1ccccc1)N1CCCc2nc(Br)ccc21. The number of carbonyl (C=O) groups excluding carboxylic acids is 1. The number of hydrogen-bond acceptors (Lipinski definition) is 3. The molecule has 1 aliphatic heterocycles. The van der Waals surface area contributed by atoms with Crippen molar-refractivity contribution in [2.45, 2.75) is 19.4 Å². The summed E-state index contributed by atoms with van der Waals surface area (Å²) in [6, 6.07) is 13.4. The summed E-state index contributed by atoms with van der Waals surface area (Å²) in [4.78, 5) is 18.4. The van der Waals surface area contributed by atoms with Crippen LogP contribution in [0.4, 0.5) is 10.5 Å². The van der Waals surface area contributed by atoms with E-state index >= 15 is 0 Å². The van der Waals surface area contributed by atoms with Crippen LogP contribution in [0.15, 0.2) is 47.1 Å². The molecule has 21 heavy (non-hydrogen) atoms. The standard InChI is InChI=1S/C16H15BrN2O2/c17-15-9-8-14-13(18-15)7-4-10-19(14)16(20)21-11-12-5-2-1-3-6-12/h1-3,5-6,8-9H,4,7,10-11H2. The van der Waals surface area contributed by atoms with Gasteiger partial charge < -0.3 is 4.74 Å². The van der Waals surface area contributed by atoms with Gasteiger partial charge in [-0.2, -0.15) is 0 Å². The number of carbonyl (C=O) groups is 1. The Bertz CT molecular complexity index is 646. The van der Waals surface area contributed by atoms with Gasteiger partial charge in [-0.05, 0) is 46.5 Å².